The Balaban J connectivity index is 0.00000320. The first-order valence-electron chi connectivity index (χ1n) is 12.2. The van der Waals surface area contributed by atoms with Gasteiger partial charge in [-0.1, -0.05) is 6.08 Å². The Morgan fingerprint density at radius 3 is 2.70 bits per heavy atom. The van der Waals surface area contributed by atoms with Gasteiger partial charge < -0.3 is 20.4 Å². The van der Waals surface area contributed by atoms with Gasteiger partial charge in [0.15, 0.2) is 5.82 Å². The van der Waals surface area contributed by atoms with Crippen LogP contribution in [0.15, 0.2) is 30.6 Å². The molecule has 1 saturated heterocycles. The zero-order valence-corrected chi connectivity index (χ0v) is 22.4. The van der Waals surface area contributed by atoms with Gasteiger partial charge in [0.25, 0.3) is 0 Å². The van der Waals surface area contributed by atoms with Gasteiger partial charge in [-0.25, -0.2) is 13.5 Å². The third-order valence-corrected chi connectivity index (χ3v) is 7.19. The molecular weight excluding hydrogens is 498 g/mol. The fraction of sp³-hybridized carbons (Fsp3) is 0.423. The molecule has 0 bridgehead atoms. The van der Waals surface area contributed by atoms with Gasteiger partial charge in [0.1, 0.15) is 17.5 Å². The summed E-state index contributed by atoms with van der Waals surface area (Å²) >= 11 is 0. The second kappa shape index (κ2) is 10.5. The third-order valence-electron chi connectivity index (χ3n) is 7.19. The number of allylic oxidation sites excluding steroid dienone is 1. The summed E-state index contributed by atoms with van der Waals surface area (Å²) in [4.78, 5) is 15.2. The summed E-state index contributed by atoms with van der Waals surface area (Å²) in [6, 6.07) is 2.72. The van der Waals surface area contributed by atoms with Crippen molar-refractivity contribution < 1.29 is 8.78 Å². The van der Waals surface area contributed by atoms with Crippen LogP contribution in [0.2, 0.25) is 0 Å². The molecule has 2 N–H and O–H groups in total. The van der Waals surface area contributed by atoms with Crippen LogP contribution < -0.4 is 15.5 Å². The molecule has 1 fully saturated rings. The summed E-state index contributed by atoms with van der Waals surface area (Å²) < 4.78 is 29.9. The molecule has 2 aromatic heterocycles. The zero-order valence-electron chi connectivity index (χ0n) is 21.6. The van der Waals surface area contributed by atoms with E-state index in [1.165, 1.54) is 6.07 Å². The smallest absolute Gasteiger partial charge is 0.224 e. The van der Waals surface area contributed by atoms with E-state index in [1.807, 2.05) is 43.7 Å². The Hall–Kier alpha value is -3.40. The van der Waals surface area contributed by atoms with Crippen molar-refractivity contribution in [2.45, 2.75) is 39.2 Å². The minimum Gasteiger partial charge on any atom is -0.374 e. The van der Waals surface area contributed by atoms with Crippen LogP contribution in [0.4, 0.5) is 26.2 Å². The summed E-state index contributed by atoms with van der Waals surface area (Å²) in [5.74, 6) is 0.720. The first-order valence-corrected chi connectivity index (χ1v) is 12.2. The first-order chi connectivity index (χ1) is 17.2. The van der Waals surface area contributed by atoms with E-state index in [9.17, 15) is 8.78 Å². The van der Waals surface area contributed by atoms with Gasteiger partial charge in [0.2, 0.25) is 5.95 Å². The van der Waals surface area contributed by atoms with Gasteiger partial charge in [-0.3, -0.25) is 0 Å². The molecule has 0 radical (unpaired) electrons. The minimum atomic E-state index is -0.511. The molecule has 11 heteroatoms. The quantitative estimate of drug-likeness (QED) is 0.537. The van der Waals surface area contributed by atoms with Crippen molar-refractivity contribution >= 4 is 29.9 Å². The van der Waals surface area contributed by atoms with Crippen LogP contribution in [0, 0.1) is 25.5 Å². The summed E-state index contributed by atoms with van der Waals surface area (Å²) in [6.45, 7) is 6.37. The number of aromatic nitrogens is 4. The molecule has 37 heavy (non-hydrogen) atoms. The summed E-state index contributed by atoms with van der Waals surface area (Å²) in [6.07, 6.45) is 8.38. The lowest BCUT2D eigenvalue weighted by molar-refractivity contribution is 0.281. The van der Waals surface area contributed by atoms with Crippen molar-refractivity contribution in [3.05, 3.63) is 64.6 Å². The Labute approximate surface area is 222 Å². The Morgan fingerprint density at radius 1 is 1.16 bits per heavy atom. The fourth-order valence-corrected chi connectivity index (χ4v) is 5.32. The molecule has 1 atom stereocenters. The maximum atomic E-state index is 14.2. The lowest BCUT2D eigenvalue weighted by Gasteiger charge is -2.46. The molecule has 0 amide bonds. The van der Waals surface area contributed by atoms with Crippen molar-refractivity contribution in [3.8, 4) is 5.82 Å². The number of nitrogens with two attached hydrogens (primary N) is 1. The number of nitrogen functional groups attached to an aromatic ring is 1. The van der Waals surface area contributed by atoms with Crippen LogP contribution in [-0.4, -0.2) is 64.4 Å². The molecular formula is C26H33ClF2N8. The van der Waals surface area contributed by atoms with Crippen LogP contribution in [0.1, 0.15) is 28.8 Å². The number of piperazine rings is 1. The predicted octanol–water partition coefficient (Wildman–Crippen LogP) is 3.82. The van der Waals surface area contributed by atoms with Gasteiger partial charge in [0, 0.05) is 68.3 Å². The number of hydrogen-bond acceptors (Lipinski definition) is 7. The predicted molar refractivity (Wildman–Crippen MR) is 145 cm³/mol. The third kappa shape index (κ3) is 5.07. The number of nitrogens with zero attached hydrogens (tertiary/aromatic N) is 7. The molecule has 2 aliphatic rings. The molecule has 0 spiro atoms. The largest absolute Gasteiger partial charge is 0.374 e. The number of anilines is 3. The van der Waals surface area contributed by atoms with E-state index in [-0.39, 0.29) is 24.4 Å². The molecule has 198 valence electrons. The normalized spacial score (nSPS) is 17.0. The topological polar surface area (TPSA) is 79.3 Å². The Bertz CT molecular complexity index is 1320. The van der Waals surface area contributed by atoms with E-state index in [0.717, 1.165) is 61.2 Å². The highest BCUT2D eigenvalue weighted by Crippen LogP contribution is 2.35. The summed E-state index contributed by atoms with van der Waals surface area (Å²) in [7, 11) is 3.85. The van der Waals surface area contributed by atoms with Crippen molar-refractivity contribution in [2.24, 2.45) is 0 Å². The van der Waals surface area contributed by atoms with E-state index in [0.29, 0.717) is 23.5 Å². The molecule has 1 unspecified atom stereocenters. The van der Waals surface area contributed by atoms with Crippen molar-refractivity contribution in [1.29, 1.82) is 0 Å². The van der Waals surface area contributed by atoms with Crippen LogP contribution in [0.3, 0.4) is 0 Å². The SMILES string of the molecule is Cc1c(N(C)C)nc(N)nc1-n1ncc(CC=CN2CCN3c4cc(F)cc(F)c4CCC3C2)c1C.Cl. The lowest BCUT2D eigenvalue weighted by atomic mass is 9.93. The molecule has 4 heterocycles. The molecule has 8 nitrogen and oxygen atoms in total. The van der Waals surface area contributed by atoms with Crippen molar-refractivity contribution in [1.82, 2.24) is 24.6 Å². The monoisotopic (exact) mass is 530 g/mol. The highest BCUT2D eigenvalue weighted by molar-refractivity contribution is 5.85. The van der Waals surface area contributed by atoms with Crippen molar-refractivity contribution in [2.75, 3.05) is 49.3 Å². The fourth-order valence-electron chi connectivity index (χ4n) is 5.32. The number of fused-ring (bicyclic) bond motifs is 3. The molecule has 5 rings (SSSR count). The van der Waals surface area contributed by atoms with Gasteiger partial charge in [-0.2, -0.15) is 15.1 Å². The molecule has 2 aliphatic heterocycles. The maximum Gasteiger partial charge on any atom is 0.224 e. The average Bonchev–Trinajstić information content (AvgIpc) is 3.19. The van der Waals surface area contributed by atoms with Gasteiger partial charge >= 0.3 is 0 Å². The number of hydrogen-bond donors (Lipinski definition) is 1. The van der Waals surface area contributed by atoms with Crippen molar-refractivity contribution in [3.63, 3.8) is 0 Å². The Morgan fingerprint density at radius 2 is 1.95 bits per heavy atom. The van der Waals surface area contributed by atoms with Gasteiger partial charge in [-0.05, 0) is 50.9 Å². The first kappa shape index (κ1) is 26.7. The zero-order chi connectivity index (χ0) is 25.6. The summed E-state index contributed by atoms with van der Waals surface area (Å²) in [5.41, 5.74) is 10.3. The summed E-state index contributed by atoms with van der Waals surface area (Å²) in [5, 5.41) is 4.58. The maximum absolute atomic E-state index is 14.2. The number of halogens is 3. The molecule has 0 aliphatic carbocycles. The molecule has 3 aromatic rings. The number of benzene rings is 1. The standard InChI is InChI=1S/C26H32F2N8.ClH/c1-16-24(33(3)4)31-26(29)32-25(16)36-17(2)18(14-30-36)6-5-9-34-10-11-35-20(15-34)7-8-21-22(28)12-19(27)13-23(21)35;/h5,9,12-14,20H,6-8,10-11,15H2,1-4H3,(H2,29,31,32);1H. The second-order valence-electron chi connectivity index (χ2n) is 9.77. The molecule has 1 aromatic carbocycles. The van der Waals surface area contributed by atoms with Crippen LogP contribution in [-0.2, 0) is 12.8 Å². The van der Waals surface area contributed by atoms with E-state index in [2.05, 4.69) is 37.1 Å². The Kier molecular flexibility index (Phi) is 7.59. The molecule has 0 saturated carbocycles. The van der Waals surface area contributed by atoms with Crippen LogP contribution in [0.25, 0.3) is 5.82 Å². The lowest BCUT2D eigenvalue weighted by Crippen LogP contribution is -2.53. The second-order valence-corrected chi connectivity index (χ2v) is 9.77. The average molecular weight is 531 g/mol. The minimum absolute atomic E-state index is 0. The van der Waals surface area contributed by atoms with Crippen LogP contribution >= 0.6 is 12.4 Å². The van der Waals surface area contributed by atoms with E-state index >= 15 is 0 Å². The number of rotatable bonds is 5. The van der Waals surface area contributed by atoms with E-state index in [1.54, 1.807) is 0 Å². The van der Waals surface area contributed by atoms with E-state index < -0.39 is 11.6 Å². The highest BCUT2D eigenvalue weighted by Gasteiger charge is 2.32. The van der Waals surface area contributed by atoms with E-state index in [4.69, 9.17) is 5.73 Å². The van der Waals surface area contributed by atoms with Gasteiger partial charge in [0.05, 0.1) is 6.20 Å². The van der Waals surface area contributed by atoms with Crippen LogP contribution in [0.5, 0.6) is 0 Å². The highest BCUT2D eigenvalue weighted by atomic mass is 35.5. The van der Waals surface area contributed by atoms with Gasteiger partial charge in [-0.15, -0.1) is 12.4 Å².